The van der Waals surface area contributed by atoms with Crippen LogP contribution in [0.3, 0.4) is 0 Å². The van der Waals surface area contributed by atoms with Crippen molar-refractivity contribution in [3.63, 3.8) is 0 Å². The molecule has 176 valence electrons. The van der Waals surface area contributed by atoms with E-state index in [0.717, 1.165) is 21.2 Å². The second-order valence-corrected chi connectivity index (χ2v) is 10.2. The lowest BCUT2D eigenvalue weighted by Gasteiger charge is -2.32. The van der Waals surface area contributed by atoms with Gasteiger partial charge >= 0.3 is 11.9 Å². The average Bonchev–Trinajstić information content (AvgIpc) is 3.08. The standard InChI is InChI=1S/C28H28BrNO4/c1-28(2)19-33-27(32)25(28)34-26(31)24(22-13-15-23(29)16-14-22)30(17-20-9-5-3-6-10-20)18-21-11-7-4-8-12-21/h3-16,24-25H,17-19H2,1-2H3/t24-,25-/m0/s1. The van der Waals surface area contributed by atoms with Gasteiger partial charge in [0.2, 0.25) is 6.10 Å². The van der Waals surface area contributed by atoms with Crippen molar-refractivity contribution in [1.29, 1.82) is 0 Å². The first-order chi connectivity index (χ1) is 16.3. The van der Waals surface area contributed by atoms with E-state index in [1.54, 1.807) is 0 Å². The Bertz CT molecular complexity index is 1070. The fourth-order valence-electron chi connectivity index (χ4n) is 4.13. The SMILES string of the molecule is CC1(C)COC(=O)[C@@H]1OC(=O)[C@H](c1ccc(Br)cc1)N(Cc1ccccc1)Cc1ccccc1. The van der Waals surface area contributed by atoms with Crippen LogP contribution in [-0.2, 0) is 32.2 Å². The zero-order valence-electron chi connectivity index (χ0n) is 19.3. The van der Waals surface area contributed by atoms with Crippen molar-refractivity contribution >= 4 is 27.9 Å². The second kappa shape index (κ2) is 10.5. The highest BCUT2D eigenvalue weighted by Gasteiger charge is 2.47. The quantitative estimate of drug-likeness (QED) is 0.356. The molecule has 3 aromatic rings. The summed E-state index contributed by atoms with van der Waals surface area (Å²) in [7, 11) is 0. The van der Waals surface area contributed by atoms with Crippen LogP contribution in [0.4, 0.5) is 0 Å². The number of hydrogen-bond donors (Lipinski definition) is 0. The summed E-state index contributed by atoms with van der Waals surface area (Å²) in [5, 5.41) is 0. The first kappa shape index (κ1) is 24.2. The molecule has 6 heteroatoms. The summed E-state index contributed by atoms with van der Waals surface area (Å²) in [6.07, 6.45) is -0.937. The van der Waals surface area contributed by atoms with Gasteiger partial charge in [-0.2, -0.15) is 0 Å². The number of rotatable bonds is 8. The highest BCUT2D eigenvalue weighted by Crippen LogP contribution is 2.34. The van der Waals surface area contributed by atoms with Crippen LogP contribution in [0.25, 0.3) is 0 Å². The van der Waals surface area contributed by atoms with Gasteiger partial charge in [0.1, 0.15) is 12.6 Å². The number of hydrogen-bond acceptors (Lipinski definition) is 5. The topological polar surface area (TPSA) is 55.8 Å². The van der Waals surface area contributed by atoms with Crippen molar-refractivity contribution in [2.45, 2.75) is 39.1 Å². The molecule has 3 aromatic carbocycles. The van der Waals surface area contributed by atoms with Crippen LogP contribution in [0.1, 0.15) is 36.6 Å². The third-order valence-electron chi connectivity index (χ3n) is 5.98. The van der Waals surface area contributed by atoms with Crippen molar-refractivity contribution in [2.75, 3.05) is 6.61 Å². The summed E-state index contributed by atoms with van der Waals surface area (Å²) >= 11 is 3.48. The summed E-state index contributed by atoms with van der Waals surface area (Å²) in [6.45, 7) is 5.03. The predicted octanol–water partition coefficient (Wildman–Crippen LogP) is 5.69. The number of nitrogens with zero attached hydrogens (tertiary/aromatic N) is 1. The predicted molar refractivity (Wildman–Crippen MR) is 134 cm³/mol. The summed E-state index contributed by atoms with van der Waals surface area (Å²) in [5.41, 5.74) is 2.37. The summed E-state index contributed by atoms with van der Waals surface area (Å²) in [4.78, 5) is 28.2. The van der Waals surface area contributed by atoms with E-state index in [0.29, 0.717) is 13.1 Å². The van der Waals surface area contributed by atoms with Gasteiger partial charge in [-0.25, -0.2) is 9.59 Å². The van der Waals surface area contributed by atoms with Crippen LogP contribution in [0.15, 0.2) is 89.4 Å². The van der Waals surface area contributed by atoms with Crippen LogP contribution in [0, 0.1) is 5.41 Å². The molecule has 0 N–H and O–H groups in total. The minimum atomic E-state index is -0.937. The molecule has 0 amide bonds. The second-order valence-electron chi connectivity index (χ2n) is 9.24. The molecule has 1 aliphatic rings. The van der Waals surface area contributed by atoms with E-state index in [4.69, 9.17) is 9.47 Å². The van der Waals surface area contributed by atoms with E-state index >= 15 is 0 Å². The van der Waals surface area contributed by atoms with Gasteiger partial charge in [-0.05, 0) is 28.8 Å². The molecular formula is C28H28BrNO4. The van der Waals surface area contributed by atoms with Crippen LogP contribution in [0.5, 0.6) is 0 Å². The first-order valence-electron chi connectivity index (χ1n) is 11.3. The van der Waals surface area contributed by atoms with E-state index in [9.17, 15) is 9.59 Å². The number of carbonyl (C=O) groups excluding carboxylic acids is 2. The van der Waals surface area contributed by atoms with E-state index in [1.807, 2.05) is 98.8 Å². The number of halogens is 1. The van der Waals surface area contributed by atoms with Crippen LogP contribution >= 0.6 is 15.9 Å². The summed E-state index contributed by atoms with van der Waals surface area (Å²) in [6, 6.07) is 27.0. The van der Waals surface area contributed by atoms with Gasteiger partial charge in [0.05, 0.1) is 0 Å². The maximum absolute atomic E-state index is 13.8. The van der Waals surface area contributed by atoms with Crippen LogP contribution in [-0.4, -0.2) is 29.5 Å². The Hall–Kier alpha value is -2.96. The number of benzene rings is 3. The fourth-order valence-corrected chi connectivity index (χ4v) is 4.40. The molecule has 0 aliphatic carbocycles. The Morgan fingerprint density at radius 1 is 0.971 bits per heavy atom. The van der Waals surface area contributed by atoms with Crippen LogP contribution < -0.4 is 0 Å². The van der Waals surface area contributed by atoms with Crippen LogP contribution in [0.2, 0.25) is 0 Å². The van der Waals surface area contributed by atoms with E-state index < -0.39 is 29.5 Å². The normalized spacial score (nSPS) is 17.9. The summed E-state index contributed by atoms with van der Waals surface area (Å²) in [5.74, 6) is -0.961. The Kier molecular flexibility index (Phi) is 7.49. The lowest BCUT2D eigenvalue weighted by Crippen LogP contribution is -2.40. The molecule has 1 heterocycles. The molecule has 0 spiro atoms. The monoisotopic (exact) mass is 521 g/mol. The highest BCUT2D eigenvalue weighted by molar-refractivity contribution is 9.10. The maximum atomic E-state index is 13.8. The average molecular weight is 522 g/mol. The molecule has 0 radical (unpaired) electrons. The van der Waals surface area contributed by atoms with Crippen molar-refractivity contribution in [2.24, 2.45) is 5.41 Å². The molecular weight excluding hydrogens is 494 g/mol. The van der Waals surface area contributed by atoms with Gasteiger partial charge in [-0.1, -0.05) is 103 Å². The highest BCUT2D eigenvalue weighted by atomic mass is 79.9. The minimum Gasteiger partial charge on any atom is -0.462 e. The third-order valence-corrected chi connectivity index (χ3v) is 6.50. The number of carbonyl (C=O) groups is 2. The summed E-state index contributed by atoms with van der Waals surface area (Å²) < 4.78 is 12.0. The number of ether oxygens (including phenoxy) is 2. The molecule has 1 fully saturated rings. The van der Waals surface area contributed by atoms with Gasteiger partial charge in [0.15, 0.2) is 0 Å². The van der Waals surface area contributed by atoms with Gasteiger partial charge in [0, 0.05) is 23.0 Å². The molecule has 0 saturated carbocycles. The third kappa shape index (κ3) is 5.75. The molecule has 0 aromatic heterocycles. The Balaban J connectivity index is 1.71. The molecule has 2 atom stereocenters. The maximum Gasteiger partial charge on any atom is 0.348 e. The van der Waals surface area contributed by atoms with Gasteiger partial charge in [0.25, 0.3) is 0 Å². The molecule has 1 saturated heterocycles. The van der Waals surface area contributed by atoms with Gasteiger partial charge < -0.3 is 9.47 Å². The smallest absolute Gasteiger partial charge is 0.348 e. The zero-order valence-corrected chi connectivity index (χ0v) is 20.9. The number of esters is 2. The van der Waals surface area contributed by atoms with Gasteiger partial charge in [-0.3, -0.25) is 4.90 Å². The van der Waals surface area contributed by atoms with Crippen molar-refractivity contribution < 1.29 is 19.1 Å². The van der Waals surface area contributed by atoms with Gasteiger partial charge in [-0.15, -0.1) is 0 Å². The van der Waals surface area contributed by atoms with Crippen molar-refractivity contribution in [1.82, 2.24) is 4.90 Å². The lowest BCUT2D eigenvalue weighted by molar-refractivity contribution is -0.168. The van der Waals surface area contributed by atoms with Crippen molar-refractivity contribution in [3.8, 4) is 0 Å². The van der Waals surface area contributed by atoms with E-state index in [2.05, 4.69) is 20.8 Å². The molecule has 0 unspecified atom stereocenters. The molecule has 34 heavy (non-hydrogen) atoms. The Labute approximate surface area is 208 Å². The molecule has 1 aliphatic heterocycles. The fraction of sp³-hybridized carbons (Fsp3) is 0.286. The molecule has 0 bridgehead atoms. The zero-order chi connectivity index (χ0) is 24.1. The van der Waals surface area contributed by atoms with E-state index in [1.165, 1.54) is 0 Å². The minimum absolute atomic E-state index is 0.227. The van der Waals surface area contributed by atoms with Crippen molar-refractivity contribution in [3.05, 3.63) is 106 Å². The Morgan fingerprint density at radius 2 is 1.50 bits per heavy atom. The number of cyclic esters (lactones) is 1. The molecule has 4 rings (SSSR count). The lowest BCUT2D eigenvalue weighted by atomic mass is 9.89. The van der Waals surface area contributed by atoms with E-state index in [-0.39, 0.29) is 6.61 Å². The molecule has 5 nitrogen and oxygen atoms in total. The largest absolute Gasteiger partial charge is 0.462 e. The first-order valence-corrected chi connectivity index (χ1v) is 12.1. The Morgan fingerprint density at radius 3 is 1.97 bits per heavy atom.